The maximum atomic E-state index is 12.6. The van der Waals surface area contributed by atoms with Gasteiger partial charge in [0.25, 0.3) is 5.91 Å². The average Bonchev–Trinajstić information content (AvgIpc) is 3.30. The molecule has 0 bridgehead atoms. The summed E-state index contributed by atoms with van der Waals surface area (Å²) in [5.74, 6) is 0.629. The van der Waals surface area contributed by atoms with Crippen LogP contribution in [0.3, 0.4) is 0 Å². The first-order valence-electron chi connectivity index (χ1n) is 8.07. The van der Waals surface area contributed by atoms with Gasteiger partial charge >= 0.3 is 0 Å². The van der Waals surface area contributed by atoms with Crippen LogP contribution in [0.5, 0.6) is 5.75 Å². The minimum Gasteiger partial charge on any atom is -0.497 e. The van der Waals surface area contributed by atoms with E-state index in [0.29, 0.717) is 17.9 Å². The zero-order valence-corrected chi connectivity index (χ0v) is 14.6. The molecule has 1 amide bonds. The molecule has 0 spiro atoms. The largest absolute Gasteiger partial charge is 0.497 e. The van der Waals surface area contributed by atoms with Crippen LogP contribution in [-0.2, 0) is 13.1 Å². The lowest BCUT2D eigenvalue weighted by atomic mass is 10.1. The topological polar surface area (TPSA) is 76.0 Å². The second kappa shape index (κ2) is 7.21. The SMILES string of the molecule is CCn1cc(CN(C)C(=O)c2cc(-c3cccc(OC)c3)n[nH]2)cn1. The number of methoxy groups -OCH3 is 1. The lowest BCUT2D eigenvalue weighted by Crippen LogP contribution is -2.26. The Balaban J connectivity index is 1.73. The molecule has 0 aliphatic heterocycles. The number of H-pyrrole nitrogens is 1. The van der Waals surface area contributed by atoms with Gasteiger partial charge in [-0.05, 0) is 25.1 Å². The van der Waals surface area contributed by atoms with Crippen LogP contribution in [0.25, 0.3) is 11.3 Å². The number of carbonyl (C=O) groups excluding carboxylic acids is 1. The van der Waals surface area contributed by atoms with Crippen molar-refractivity contribution < 1.29 is 9.53 Å². The predicted octanol–water partition coefficient (Wildman–Crippen LogP) is 2.57. The smallest absolute Gasteiger partial charge is 0.271 e. The number of rotatable bonds is 6. The summed E-state index contributed by atoms with van der Waals surface area (Å²) in [7, 11) is 3.38. The normalized spacial score (nSPS) is 10.7. The van der Waals surface area contributed by atoms with Crippen LogP contribution in [0.1, 0.15) is 23.0 Å². The summed E-state index contributed by atoms with van der Waals surface area (Å²) in [6.45, 7) is 3.32. The molecule has 1 aromatic carbocycles. The van der Waals surface area contributed by atoms with Crippen LogP contribution in [0, 0.1) is 0 Å². The Kier molecular flexibility index (Phi) is 4.83. The third kappa shape index (κ3) is 3.71. The molecule has 7 heteroatoms. The van der Waals surface area contributed by atoms with Gasteiger partial charge in [0.15, 0.2) is 0 Å². The van der Waals surface area contributed by atoms with Crippen LogP contribution in [0.4, 0.5) is 0 Å². The van der Waals surface area contributed by atoms with Gasteiger partial charge in [0.2, 0.25) is 0 Å². The van der Waals surface area contributed by atoms with E-state index in [4.69, 9.17) is 4.74 Å². The lowest BCUT2D eigenvalue weighted by molar-refractivity contribution is 0.0779. The Morgan fingerprint density at radius 1 is 1.36 bits per heavy atom. The number of nitrogens with zero attached hydrogens (tertiary/aromatic N) is 4. The molecule has 2 aromatic heterocycles. The number of hydrogen-bond acceptors (Lipinski definition) is 4. The van der Waals surface area contributed by atoms with E-state index in [2.05, 4.69) is 15.3 Å². The van der Waals surface area contributed by atoms with Gasteiger partial charge in [0.1, 0.15) is 11.4 Å². The molecule has 0 saturated heterocycles. The molecule has 0 radical (unpaired) electrons. The van der Waals surface area contributed by atoms with E-state index in [1.807, 2.05) is 42.1 Å². The van der Waals surface area contributed by atoms with Crippen molar-refractivity contribution in [2.24, 2.45) is 0 Å². The summed E-state index contributed by atoms with van der Waals surface area (Å²) in [5.41, 5.74) is 3.03. The van der Waals surface area contributed by atoms with E-state index in [-0.39, 0.29) is 5.91 Å². The monoisotopic (exact) mass is 339 g/mol. The quantitative estimate of drug-likeness (QED) is 0.749. The summed E-state index contributed by atoms with van der Waals surface area (Å²) < 4.78 is 7.06. The molecule has 0 fully saturated rings. The molecule has 3 aromatic rings. The molecular formula is C18H21N5O2. The number of hydrogen-bond donors (Lipinski definition) is 1. The number of aromatic nitrogens is 4. The minimum absolute atomic E-state index is 0.120. The first-order chi connectivity index (χ1) is 12.1. The highest BCUT2D eigenvalue weighted by Gasteiger charge is 2.16. The van der Waals surface area contributed by atoms with Crippen LogP contribution in [0.2, 0.25) is 0 Å². The molecule has 2 heterocycles. The molecule has 3 rings (SSSR count). The zero-order chi connectivity index (χ0) is 17.8. The molecule has 0 aliphatic carbocycles. The van der Waals surface area contributed by atoms with E-state index in [1.54, 1.807) is 31.3 Å². The van der Waals surface area contributed by atoms with Gasteiger partial charge in [-0.1, -0.05) is 12.1 Å². The Bertz CT molecular complexity index is 868. The van der Waals surface area contributed by atoms with Gasteiger partial charge in [0.05, 0.1) is 19.0 Å². The minimum atomic E-state index is -0.120. The van der Waals surface area contributed by atoms with E-state index in [9.17, 15) is 4.79 Å². The van der Waals surface area contributed by atoms with Gasteiger partial charge in [-0.25, -0.2) is 0 Å². The zero-order valence-electron chi connectivity index (χ0n) is 14.6. The maximum Gasteiger partial charge on any atom is 0.271 e. The Labute approximate surface area is 146 Å². The molecule has 0 atom stereocenters. The van der Waals surface area contributed by atoms with Crippen LogP contribution < -0.4 is 4.74 Å². The van der Waals surface area contributed by atoms with Crippen LogP contribution >= 0.6 is 0 Å². The second-order valence-electron chi connectivity index (χ2n) is 5.76. The molecule has 1 N–H and O–H groups in total. The molecular weight excluding hydrogens is 318 g/mol. The molecule has 0 saturated carbocycles. The standard InChI is InChI=1S/C18H21N5O2/c1-4-23-12-13(10-19-23)11-22(2)18(24)17-9-16(20-21-17)14-6-5-7-15(8-14)25-3/h5-10,12H,4,11H2,1-3H3,(H,20,21). The number of aryl methyl sites for hydroxylation is 1. The van der Waals surface area contributed by atoms with Crippen molar-refractivity contribution in [1.29, 1.82) is 0 Å². The summed E-state index contributed by atoms with van der Waals surface area (Å²) in [6.07, 6.45) is 3.72. The number of ether oxygens (including phenoxy) is 1. The van der Waals surface area contributed by atoms with Crippen molar-refractivity contribution in [3.05, 3.63) is 54.0 Å². The van der Waals surface area contributed by atoms with Gasteiger partial charge in [0, 0.05) is 37.5 Å². The highest BCUT2D eigenvalue weighted by molar-refractivity contribution is 5.93. The average molecular weight is 339 g/mol. The number of aromatic amines is 1. The van der Waals surface area contributed by atoms with Crippen molar-refractivity contribution in [2.75, 3.05) is 14.2 Å². The Morgan fingerprint density at radius 3 is 2.92 bits per heavy atom. The third-order valence-corrected chi connectivity index (χ3v) is 3.95. The van der Waals surface area contributed by atoms with Crippen LogP contribution in [-0.4, -0.2) is 44.9 Å². The summed E-state index contributed by atoms with van der Waals surface area (Å²) in [6, 6.07) is 9.32. The van der Waals surface area contributed by atoms with Crippen LogP contribution in [0.15, 0.2) is 42.7 Å². The lowest BCUT2D eigenvalue weighted by Gasteiger charge is -2.14. The van der Waals surface area contributed by atoms with Gasteiger partial charge in [-0.15, -0.1) is 0 Å². The van der Waals surface area contributed by atoms with E-state index in [0.717, 1.165) is 23.4 Å². The Morgan fingerprint density at radius 2 is 2.20 bits per heavy atom. The van der Waals surface area contributed by atoms with Gasteiger partial charge in [-0.3, -0.25) is 14.6 Å². The van der Waals surface area contributed by atoms with Gasteiger partial charge in [-0.2, -0.15) is 10.2 Å². The van der Waals surface area contributed by atoms with Crippen molar-refractivity contribution in [1.82, 2.24) is 24.9 Å². The Hall–Kier alpha value is -3.09. The number of amides is 1. The summed E-state index contributed by atoms with van der Waals surface area (Å²) >= 11 is 0. The van der Waals surface area contributed by atoms with Gasteiger partial charge < -0.3 is 9.64 Å². The molecule has 25 heavy (non-hydrogen) atoms. The van der Waals surface area contributed by atoms with Crippen molar-refractivity contribution in [2.45, 2.75) is 20.0 Å². The van der Waals surface area contributed by atoms with Crippen molar-refractivity contribution >= 4 is 5.91 Å². The van der Waals surface area contributed by atoms with E-state index < -0.39 is 0 Å². The highest BCUT2D eigenvalue weighted by Crippen LogP contribution is 2.23. The fourth-order valence-electron chi connectivity index (χ4n) is 2.57. The second-order valence-corrected chi connectivity index (χ2v) is 5.76. The number of nitrogens with one attached hydrogen (secondary N) is 1. The first-order valence-corrected chi connectivity index (χ1v) is 8.07. The molecule has 130 valence electrons. The fourth-order valence-corrected chi connectivity index (χ4v) is 2.57. The summed E-state index contributed by atoms with van der Waals surface area (Å²) in [5, 5.41) is 11.3. The molecule has 7 nitrogen and oxygen atoms in total. The third-order valence-electron chi connectivity index (χ3n) is 3.95. The fraction of sp³-hybridized carbons (Fsp3) is 0.278. The van der Waals surface area contributed by atoms with Crippen molar-refractivity contribution in [3.8, 4) is 17.0 Å². The predicted molar refractivity (Wildman–Crippen MR) is 94.3 cm³/mol. The van der Waals surface area contributed by atoms with E-state index in [1.165, 1.54) is 0 Å². The number of carbonyl (C=O) groups is 1. The molecule has 0 aliphatic rings. The number of benzene rings is 1. The van der Waals surface area contributed by atoms with Crippen molar-refractivity contribution in [3.63, 3.8) is 0 Å². The highest BCUT2D eigenvalue weighted by atomic mass is 16.5. The maximum absolute atomic E-state index is 12.6. The molecule has 0 unspecified atom stereocenters. The first kappa shape index (κ1) is 16.8. The van der Waals surface area contributed by atoms with E-state index >= 15 is 0 Å². The summed E-state index contributed by atoms with van der Waals surface area (Å²) in [4.78, 5) is 14.2.